The van der Waals surface area contributed by atoms with E-state index in [1.807, 2.05) is 0 Å². The Kier molecular flexibility index (Phi) is 64.7. The molecule has 0 aliphatic carbocycles. The third kappa shape index (κ3) is 65.5. The summed E-state index contributed by atoms with van der Waals surface area (Å²) in [5.41, 5.74) is 0. The van der Waals surface area contributed by atoms with Gasteiger partial charge in [-0.2, -0.15) is 0 Å². The number of carbonyl (C=O) groups excluding carboxylic acids is 3. The van der Waals surface area contributed by atoms with Crippen molar-refractivity contribution in [3.05, 3.63) is 72.9 Å². The zero-order chi connectivity index (χ0) is 57.1. The predicted molar refractivity (Wildman–Crippen MR) is 344 cm³/mol. The first-order chi connectivity index (χ1) is 39.0. The van der Waals surface area contributed by atoms with Crippen LogP contribution < -0.4 is 0 Å². The van der Waals surface area contributed by atoms with Crippen molar-refractivity contribution in [1.29, 1.82) is 0 Å². The molecule has 0 heterocycles. The predicted octanol–water partition coefficient (Wildman–Crippen LogP) is 23.7. The SMILES string of the molecule is CC/C=C\C/C=C\C/C=C\C/C=C\C/C=C\C/C=C\CCCCCCCCCCC(=O)OCC(COC(=O)CCCCCCCCC)OC(=O)CCCCCCCCCCCCCCCCCCCCCCCCCCCCC. The summed E-state index contributed by atoms with van der Waals surface area (Å²) in [5, 5.41) is 0. The summed E-state index contributed by atoms with van der Waals surface area (Å²) < 4.78 is 16.9. The van der Waals surface area contributed by atoms with E-state index in [2.05, 4.69) is 93.7 Å². The number of unbranched alkanes of at least 4 members (excludes halogenated alkanes) is 40. The van der Waals surface area contributed by atoms with Gasteiger partial charge < -0.3 is 14.2 Å². The second-order valence-electron chi connectivity index (χ2n) is 23.1. The minimum absolute atomic E-state index is 0.0741. The lowest BCUT2D eigenvalue weighted by molar-refractivity contribution is -0.167. The molecule has 0 aromatic rings. The molecular formula is C73H130O6. The minimum Gasteiger partial charge on any atom is -0.462 e. The Balaban J connectivity index is 4.09. The normalized spacial score (nSPS) is 12.5. The standard InChI is InChI=1S/C73H130O6/c1-4-7-10-13-16-18-20-22-24-26-28-30-32-34-36-38-40-42-44-46-48-50-52-54-57-60-63-66-72(75)78-69-70(68-77-71(74)65-62-59-56-15-12-9-6-3)79-73(76)67-64-61-58-55-53-51-49-47-45-43-41-39-37-35-33-31-29-27-25-23-21-19-17-14-11-8-5-2/h7,10,16,18,22,24,28,30,34,36,40,42,70H,4-6,8-9,11-15,17,19-21,23,25-27,29,31-33,35,37-39,41,43-69H2,1-3H3/b10-7-,18-16-,24-22-,30-28-,36-34-,42-40-. The van der Waals surface area contributed by atoms with Crippen molar-refractivity contribution in [2.45, 2.75) is 361 Å². The van der Waals surface area contributed by atoms with E-state index in [0.29, 0.717) is 19.3 Å². The van der Waals surface area contributed by atoms with E-state index in [9.17, 15) is 14.4 Å². The molecule has 0 bridgehead atoms. The van der Waals surface area contributed by atoms with Crippen molar-refractivity contribution in [2.24, 2.45) is 0 Å². The van der Waals surface area contributed by atoms with Crippen LogP contribution in [-0.4, -0.2) is 37.2 Å². The summed E-state index contributed by atoms with van der Waals surface area (Å²) in [7, 11) is 0. The Bertz CT molecular complexity index is 1450. The summed E-state index contributed by atoms with van der Waals surface area (Å²) in [4.78, 5) is 38.2. The zero-order valence-electron chi connectivity index (χ0n) is 52.6. The second-order valence-corrected chi connectivity index (χ2v) is 23.1. The summed E-state index contributed by atoms with van der Waals surface area (Å²) >= 11 is 0. The highest BCUT2D eigenvalue weighted by Gasteiger charge is 2.19. The summed E-state index contributed by atoms with van der Waals surface area (Å²) in [6, 6.07) is 0. The Hall–Kier alpha value is -3.15. The largest absolute Gasteiger partial charge is 0.462 e. The maximum Gasteiger partial charge on any atom is 0.306 e. The number of carbonyl (C=O) groups is 3. The molecule has 6 heteroatoms. The van der Waals surface area contributed by atoms with E-state index in [-0.39, 0.29) is 31.1 Å². The summed E-state index contributed by atoms with van der Waals surface area (Å²) in [6.07, 6.45) is 88.1. The maximum atomic E-state index is 12.9. The van der Waals surface area contributed by atoms with E-state index in [1.54, 1.807) is 0 Å². The van der Waals surface area contributed by atoms with Gasteiger partial charge in [-0.05, 0) is 70.6 Å². The van der Waals surface area contributed by atoms with Crippen LogP contribution in [-0.2, 0) is 28.6 Å². The van der Waals surface area contributed by atoms with Gasteiger partial charge in [0.2, 0.25) is 0 Å². The lowest BCUT2D eigenvalue weighted by Crippen LogP contribution is -2.30. The van der Waals surface area contributed by atoms with Crippen LogP contribution in [0.15, 0.2) is 72.9 Å². The van der Waals surface area contributed by atoms with Crippen molar-refractivity contribution in [2.75, 3.05) is 13.2 Å². The van der Waals surface area contributed by atoms with Gasteiger partial charge in [-0.3, -0.25) is 14.4 Å². The van der Waals surface area contributed by atoms with Crippen LogP contribution >= 0.6 is 0 Å². The number of esters is 3. The van der Waals surface area contributed by atoms with Crippen LogP contribution in [0.4, 0.5) is 0 Å². The highest BCUT2D eigenvalue weighted by Crippen LogP contribution is 2.18. The summed E-state index contributed by atoms with van der Waals surface area (Å²) in [6.45, 7) is 6.53. The van der Waals surface area contributed by atoms with E-state index in [4.69, 9.17) is 14.2 Å². The van der Waals surface area contributed by atoms with E-state index >= 15 is 0 Å². The van der Waals surface area contributed by atoms with Gasteiger partial charge in [0.1, 0.15) is 13.2 Å². The number of hydrogen-bond donors (Lipinski definition) is 0. The van der Waals surface area contributed by atoms with Crippen molar-refractivity contribution >= 4 is 17.9 Å². The monoisotopic (exact) mass is 1100 g/mol. The topological polar surface area (TPSA) is 78.9 Å². The molecule has 0 aromatic heterocycles. The van der Waals surface area contributed by atoms with Gasteiger partial charge in [0.15, 0.2) is 6.10 Å². The Morgan fingerprint density at radius 3 is 0.772 bits per heavy atom. The first-order valence-corrected chi connectivity index (χ1v) is 34.4. The average Bonchev–Trinajstić information content (AvgIpc) is 3.45. The van der Waals surface area contributed by atoms with E-state index in [1.165, 1.54) is 212 Å². The molecular weight excluding hydrogens is 973 g/mol. The summed E-state index contributed by atoms with van der Waals surface area (Å²) in [5.74, 6) is -0.871. The van der Waals surface area contributed by atoms with Gasteiger partial charge in [-0.25, -0.2) is 0 Å². The van der Waals surface area contributed by atoms with Crippen LogP contribution in [0.25, 0.3) is 0 Å². The number of hydrogen-bond acceptors (Lipinski definition) is 6. The lowest BCUT2D eigenvalue weighted by atomic mass is 10.0. The molecule has 0 spiro atoms. The molecule has 0 saturated carbocycles. The van der Waals surface area contributed by atoms with Crippen molar-refractivity contribution in [1.82, 2.24) is 0 Å². The van der Waals surface area contributed by atoms with Crippen LogP contribution in [0.5, 0.6) is 0 Å². The lowest BCUT2D eigenvalue weighted by Gasteiger charge is -2.18. The Labute approximate surface area is 491 Å². The number of rotatable bonds is 63. The fraction of sp³-hybridized carbons (Fsp3) is 0.795. The van der Waals surface area contributed by atoms with E-state index < -0.39 is 6.10 Å². The Morgan fingerprint density at radius 2 is 0.494 bits per heavy atom. The molecule has 0 rings (SSSR count). The van der Waals surface area contributed by atoms with Gasteiger partial charge in [0, 0.05) is 19.3 Å². The van der Waals surface area contributed by atoms with Crippen LogP contribution in [0.3, 0.4) is 0 Å². The molecule has 1 unspecified atom stereocenters. The van der Waals surface area contributed by atoms with Crippen molar-refractivity contribution in [3.63, 3.8) is 0 Å². The maximum absolute atomic E-state index is 12.9. The molecule has 0 radical (unpaired) electrons. The molecule has 0 amide bonds. The zero-order valence-corrected chi connectivity index (χ0v) is 52.6. The van der Waals surface area contributed by atoms with Gasteiger partial charge in [0.05, 0.1) is 0 Å². The van der Waals surface area contributed by atoms with Gasteiger partial charge in [0.25, 0.3) is 0 Å². The molecule has 0 N–H and O–H groups in total. The van der Waals surface area contributed by atoms with Crippen LogP contribution in [0.1, 0.15) is 355 Å². The molecule has 6 nitrogen and oxygen atoms in total. The van der Waals surface area contributed by atoms with Gasteiger partial charge in [-0.1, -0.05) is 338 Å². The molecule has 79 heavy (non-hydrogen) atoms. The Morgan fingerprint density at radius 1 is 0.266 bits per heavy atom. The smallest absolute Gasteiger partial charge is 0.306 e. The third-order valence-corrected chi connectivity index (χ3v) is 15.2. The fourth-order valence-electron chi connectivity index (χ4n) is 10.1. The van der Waals surface area contributed by atoms with Gasteiger partial charge >= 0.3 is 17.9 Å². The first-order valence-electron chi connectivity index (χ1n) is 34.4. The quantitative estimate of drug-likeness (QED) is 0.0261. The molecule has 458 valence electrons. The molecule has 0 aliphatic rings. The van der Waals surface area contributed by atoms with Crippen LogP contribution in [0.2, 0.25) is 0 Å². The van der Waals surface area contributed by atoms with Crippen LogP contribution in [0, 0.1) is 0 Å². The first kappa shape index (κ1) is 75.8. The highest BCUT2D eigenvalue weighted by molar-refractivity contribution is 5.71. The number of allylic oxidation sites excluding steroid dienone is 12. The molecule has 1 atom stereocenters. The van der Waals surface area contributed by atoms with Crippen molar-refractivity contribution in [3.8, 4) is 0 Å². The van der Waals surface area contributed by atoms with Crippen molar-refractivity contribution < 1.29 is 28.6 Å². The second kappa shape index (κ2) is 67.4. The number of ether oxygens (including phenoxy) is 3. The fourth-order valence-corrected chi connectivity index (χ4v) is 10.1. The average molecular weight is 1100 g/mol. The third-order valence-electron chi connectivity index (χ3n) is 15.2. The molecule has 0 fully saturated rings. The molecule has 0 aromatic carbocycles. The molecule has 0 saturated heterocycles. The van der Waals surface area contributed by atoms with Gasteiger partial charge in [-0.15, -0.1) is 0 Å². The van der Waals surface area contributed by atoms with E-state index in [0.717, 1.165) is 103 Å². The highest BCUT2D eigenvalue weighted by atomic mass is 16.6. The minimum atomic E-state index is -0.775. The molecule has 0 aliphatic heterocycles.